The fraction of sp³-hybridized carbons (Fsp3) is 0.176. The van der Waals surface area contributed by atoms with Gasteiger partial charge in [0.25, 0.3) is 11.8 Å². The lowest BCUT2D eigenvalue weighted by Crippen LogP contribution is -2.43. The van der Waals surface area contributed by atoms with Gasteiger partial charge in [-0.05, 0) is 6.92 Å². The molecule has 14 heteroatoms. The van der Waals surface area contributed by atoms with Gasteiger partial charge in [0.2, 0.25) is 11.6 Å². The summed E-state index contributed by atoms with van der Waals surface area (Å²) in [7, 11) is 0. The van der Waals surface area contributed by atoms with Gasteiger partial charge in [-0.25, -0.2) is 43.9 Å². The Morgan fingerprint density at radius 1 is 0.581 bits per heavy atom. The molecule has 2 aromatic carbocycles. The Morgan fingerprint density at radius 3 is 1.23 bits per heavy atom. The Hall–Kier alpha value is -3.32. The summed E-state index contributed by atoms with van der Waals surface area (Å²) in [6.07, 6.45) is 0. The first-order chi connectivity index (χ1) is 14.3. The highest BCUT2D eigenvalue weighted by atomic mass is 19.2. The van der Waals surface area contributed by atoms with Crippen molar-refractivity contribution in [2.45, 2.75) is 13.0 Å². The van der Waals surface area contributed by atoms with Crippen molar-refractivity contribution in [3.8, 4) is 0 Å². The molecule has 168 valence electrons. The molecule has 0 aliphatic carbocycles. The first-order valence-electron chi connectivity index (χ1n) is 7.93. The number of carbonyl (C=O) groups is 2. The topological polar surface area (TPSA) is 58.2 Å². The van der Waals surface area contributed by atoms with Crippen molar-refractivity contribution < 1.29 is 53.5 Å². The van der Waals surface area contributed by atoms with Gasteiger partial charge in [-0.3, -0.25) is 9.59 Å². The minimum absolute atomic E-state index is 0.806. The number of carbonyl (C=O) groups excluding carboxylic acids is 2. The second-order valence-corrected chi connectivity index (χ2v) is 5.97. The van der Waals surface area contributed by atoms with Crippen LogP contribution in [0.2, 0.25) is 0 Å². The van der Waals surface area contributed by atoms with E-state index in [1.807, 2.05) is 0 Å². The summed E-state index contributed by atoms with van der Waals surface area (Å²) in [5, 5.41) is 3.42. The second-order valence-electron chi connectivity index (χ2n) is 5.97. The van der Waals surface area contributed by atoms with E-state index in [0.29, 0.717) is 0 Å². The van der Waals surface area contributed by atoms with Crippen LogP contribution in [0.25, 0.3) is 0 Å². The highest BCUT2D eigenvalue weighted by Gasteiger charge is 2.31. The molecule has 0 heterocycles. The maximum Gasteiger partial charge on any atom is 0.257 e. The molecule has 1 atom stereocenters. The molecule has 0 radical (unpaired) electrons. The largest absolute Gasteiger partial charge is 0.350 e. The molecule has 0 aliphatic rings. The summed E-state index contributed by atoms with van der Waals surface area (Å²) < 4.78 is 133. The summed E-state index contributed by atoms with van der Waals surface area (Å²) >= 11 is 0. The van der Waals surface area contributed by atoms with Crippen LogP contribution in [0.5, 0.6) is 0 Å². The molecule has 2 aromatic rings. The maximum atomic E-state index is 13.6. The third kappa shape index (κ3) is 4.27. The van der Waals surface area contributed by atoms with Crippen molar-refractivity contribution in [2.75, 3.05) is 6.54 Å². The van der Waals surface area contributed by atoms with Gasteiger partial charge in [0.1, 0.15) is 11.1 Å². The average Bonchev–Trinajstić information content (AvgIpc) is 2.72. The van der Waals surface area contributed by atoms with Crippen molar-refractivity contribution in [2.24, 2.45) is 0 Å². The van der Waals surface area contributed by atoms with Gasteiger partial charge in [-0.15, -0.1) is 0 Å². The number of hydrogen-bond donors (Lipinski definition) is 2. The number of amides is 2. The van der Waals surface area contributed by atoms with Crippen molar-refractivity contribution in [1.29, 1.82) is 0 Å². The Bertz CT molecular complexity index is 1030. The zero-order valence-electron chi connectivity index (χ0n) is 14.9. The molecule has 2 amide bonds. The first-order valence-corrected chi connectivity index (χ1v) is 7.93. The van der Waals surface area contributed by atoms with Crippen LogP contribution in [0, 0.1) is 58.2 Å². The number of nitrogens with one attached hydrogen (secondary N) is 2. The van der Waals surface area contributed by atoms with Crippen molar-refractivity contribution in [3.05, 3.63) is 69.3 Å². The van der Waals surface area contributed by atoms with E-state index in [2.05, 4.69) is 0 Å². The van der Waals surface area contributed by atoms with Crippen LogP contribution in [-0.4, -0.2) is 24.4 Å². The van der Waals surface area contributed by atoms with E-state index in [1.165, 1.54) is 0 Å². The molecular weight excluding hydrogens is 454 g/mol. The van der Waals surface area contributed by atoms with E-state index in [4.69, 9.17) is 0 Å². The third-order valence-corrected chi connectivity index (χ3v) is 3.82. The molecular formula is C17H8F10N2O2. The van der Waals surface area contributed by atoms with Gasteiger partial charge < -0.3 is 10.6 Å². The fourth-order valence-electron chi connectivity index (χ4n) is 2.29. The molecule has 0 unspecified atom stereocenters. The summed E-state index contributed by atoms with van der Waals surface area (Å²) in [6.45, 7) is 0.211. The van der Waals surface area contributed by atoms with E-state index >= 15 is 0 Å². The van der Waals surface area contributed by atoms with E-state index in [-0.39, 0.29) is 0 Å². The predicted molar refractivity (Wildman–Crippen MR) is 81.7 cm³/mol. The van der Waals surface area contributed by atoms with Crippen LogP contribution in [0.1, 0.15) is 27.6 Å². The van der Waals surface area contributed by atoms with Crippen LogP contribution in [0.3, 0.4) is 0 Å². The minimum atomic E-state index is -2.50. The molecule has 0 spiro atoms. The Kier molecular flexibility index (Phi) is 6.81. The molecule has 0 saturated carbocycles. The van der Waals surface area contributed by atoms with Crippen LogP contribution in [-0.2, 0) is 0 Å². The summed E-state index contributed by atoms with van der Waals surface area (Å²) in [5.74, 6) is -27.9. The Labute approximate surface area is 165 Å². The van der Waals surface area contributed by atoms with E-state index in [1.54, 1.807) is 10.6 Å². The third-order valence-electron chi connectivity index (χ3n) is 3.82. The minimum Gasteiger partial charge on any atom is -0.350 e. The average molecular weight is 462 g/mol. The van der Waals surface area contributed by atoms with E-state index in [0.717, 1.165) is 6.92 Å². The lowest BCUT2D eigenvalue weighted by Gasteiger charge is -2.16. The first kappa shape index (κ1) is 24.0. The van der Waals surface area contributed by atoms with Crippen LogP contribution in [0.4, 0.5) is 43.9 Å². The zero-order valence-corrected chi connectivity index (χ0v) is 14.9. The quantitative estimate of drug-likeness (QED) is 0.405. The molecule has 31 heavy (non-hydrogen) atoms. The molecule has 0 aromatic heterocycles. The Balaban J connectivity index is 2.16. The maximum absolute atomic E-state index is 13.6. The van der Waals surface area contributed by atoms with Gasteiger partial charge in [-0.1, -0.05) is 0 Å². The number of halogens is 10. The van der Waals surface area contributed by atoms with Crippen LogP contribution in [0.15, 0.2) is 0 Å². The van der Waals surface area contributed by atoms with Crippen LogP contribution < -0.4 is 10.6 Å². The predicted octanol–water partition coefficient (Wildman–Crippen LogP) is 3.63. The second kappa shape index (κ2) is 8.81. The van der Waals surface area contributed by atoms with Crippen molar-refractivity contribution in [3.63, 3.8) is 0 Å². The van der Waals surface area contributed by atoms with E-state index < -0.39 is 93.7 Å². The summed E-state index contributed by atoms with van der Waals surface area (Å²) in [5.41, 5.74) is -3.68. The van der Waals surface area contributed by atoms with E-state index in [9.17, 15) is 53.5 Å². The lowest BCUT2D eigenvalue weighted by molar-refractivity contribution is 0.0899. The summed E-state index contributed by atoms with van der Waals surface area (Å²) in [6, 6.07) is -1.37. The monoisotopic (exact) mass is 462 g/mol. The number of benzene rings is 2. The molecule has 2 rings (SSSR count). The zero-order chi connectivity index (χ0) is 23.8. The van der Waals surface area contributed by atoms with Crippen molar-refractivity contribution in [1.82, 2.24) is 10.6 Å². The highest BCUT2D eigenvalue weighted by Crippen LogP contribution is 2.24. The lowest BCUT2D eigenvalue weighted by atomic mass is 10.1. The van der Waals surface area contributed by atoms with Gasteiger partial charge >= 0.3 is 0 Å². The molecule has 0 saturated heterocycles. The van der Waals surface area contributed by atoms with Gasteiger partial charge in [-0.2, -0.15) is 0 Å². The smallest absolute Gasteiger partial charge is 0.257 e. The molecule has 0 bridgehead atoms. The standard InChI is InChI=1S/C17H8F10N2O2/c1-3(29-17(31)5-8(20)12(24)15(27)13(25)9(5)21)2-28-16(30)4-6(18)10(22)14(26)11(23)7(4)19/h3H,2H2,1H3,(H,28,30)(H,29,31)/t3-/m1/s1. The SMILES string of the molecule is C[C@H](CNC(=O)c1c(F)c(F)c(F)c(F)c1F)NC(=O)c1c(F)c(F)c(F)c(F)c1F. The molecule has 2 N–H and O–H groups in total. The van der Waals surface area contributed by atoms with Gasteiger partial charge in [0, 0.05) is 12.6 Å². The van der Waals surface area contributed by atoms with Crippen LogP contribution >= 0.6 is 0 Å². The van der Waals surface area contributed by atoms with Gasteiger partial charge in [0.15, 0.2) is 46.5 Å². The van der Waals surface area contributed by atoms with Gasteiger partial charge in [0.05, 0.1) is 0 Å². The normalized spacial score (nSPS) is 12.0. The highest BCUT2D eigenvalue weighted by molar-refractivity contribution is 5.96. The molecule has 0 fully saturated rings. The Morgan fingerprint density at radius 2 is 0.871 bits per heavy atom. The number of hydrogen-bond acceptors (Lipinski definition) is 2. The number of rotatable bonds is 5. The van der Waals surface area contributed by atoms with Crippen molar-refractivity contribution >= 4 is 11.8 Å². The summed E-state index contributed by atoms with van der Waals surface area (Å²) in [4.78, 5) is 23.6. The fourth-order valence-corrected chi connectivity index (χ4v) is 2.29. The molecule has 4 nitrogen and oxygen atoms in total. The molecule has 0 aliphatic heterocycles.